The van der Waals surface area contributed by atoms with Gasteiger partial charge in [-0.05, 0) is 12.1 Å². The molecule has 0 unspecified atom stereocenters. The number of benzene rings is 1. The third kappa shape index (κ3) is 2.63. The number of anilines is 1. The van der Waals surface area contributed by atoms with Gasteiger partial charge in [0.15, 0.2) is 0 Å². The predicted octanol–water partition coefficient (Wildman–Crippen LogP) is 1.09. The van der Waals surface area contributed by atoms with Gasteiger partial charge in [0.25, 0.3) is 0 Å². The Bertz CT molecular complexity index is 263. The maximum atomic E-state index is 5.46. The van der Waals surface area contributed by atoms with Crippen LogP contribution < -0.4 is 15.4 Å². The van der Waals surface area contributed by atoms with Crippen molar-refractivity contribution >= 4 is 5.69 Å². The second-order valence-corrected chi connectivity index (χ2v) is 2.91. The van der Waals surface area contributed by atoms with E-state index >= 15 is 0 Å². The van der Waals surface area contributed by atoms with E-state index < -0.39 is 0 Å². The van der Waals surface area contributed by atoms with Crippen LogP contribution in [0.3, 0.4) is 0 Å². The van der Waals surface area contributed by atoms with Gasteiger partial charge in [-0.1, -0.05) is 6.07 Å². The van der Waals surface area contributed by atoms with Gasteiger partial charge in [0.2, 0.25) is 0 Å². The van der Waals surface area contributed by atoms with Gasteiger partial charge >= 0.3 is 0 Å². The normalized spacial score (nSPS) is 9.77. The molecule has 0 atom stereocenters. The second-order valence-electron chi connectivity index (χ2n) is 2.91. The number of likely N-dealkylation sites (N-methyl/N-ethyl adjacent to an activating group) is 1. The standard InChI is InChI=1S/C10H16N2O/c1-12(7-6-11)9-4-3-5-10(8-9)13-2/h3-5,8H,6-7,11H2,1-2H3. The Balaban J connectivity index is 2.75. The maximum Gasteiger partial charge on any atom is 0.120 e. The molecular weight excluding hydrogens is 164 g/mol. The minimum atomic E-state index is 0.660. The predicted molar refractivity (Wildman–Crippen MR) is 55.3 cm³/mol. The van der Waals surface area contributed by atoms with Gasteiger partial charge in [0.05, 0.1) is 7.11 Å². The quantitative estimate of drug-likeness (QED) is 0.753. The molecule has 0 aliphatic rings. The van der Waals surface area contributed by atoms with Crippen LogP contribution in [0.5, 0.6) is 5.75 Å². The van der Waals surface area contributed by atoms with Crippen molar-refractivity contribution in [1.82, 2.24) is 0 Å². The van der Waals surface area contributed by atoms with Crippen LogP contribution in [0.15, 0.2) is 24.3 Å². The fourth-order valence-corrected chi connectivity index (χ4v) is 1.17. The number of ether oxygens (including phenoxy) is 1. The average Bonchev–Trinajstić information content (AvgIpc) is 2.18. The van der Waals surface area contributed by atoms with Crippen molar-refractivity contribution in [2.75, 3.05) is 32.1 Å². The lowest BCUT2D eigenvalue weighted by molar-refractivity contribution is 0.415. The second kappa shape index (κ2) is 4.72. The Hall–Kier alpha value is -1.22. The highest BCUT2D eigenvalue weighted by Gasteiger charge is 1.99. The summed E-state index contributed by atoms with van der Waals surface area (Å²) in [6.45, 7) is 1.51. The van der Waals surface area contributed by atoms with Crippen LogP contribution in [0.4, 0.5) is 5.69 Å². The largest absolute Gasteiger partial charge is 0.497 e. The molecule has 13 heavy (non-hydrogen) atoms. The fourth-order valence-electron chi connectivity index (χ4n) is 1.17. The summed E-state index contributed by atoms with van der Waals surface area (Å²) in [7, 11) is 3.68. The van der Waals surface area contributed by atoms with Crippen molar-refractivity contribution < 1.29 is 4.74 Å². The maximum absolute atomic E-state index is 5.46. The molecule has 1 aromatic rings. The minimum absolute atomic E-state index is 0.660. The van der Waals surface area contributed by atoms with E-state index in [1.54, 1.807) is 7.11 Å². The third-order valence-corrected chi connectivity index (χ3v) is 1.96. The van der Waals surface area contributed by atoms with Crippen molar-refractivity contribution in [2.24, 2.45) is 5.73 Å². The molecule has 2 N–H and O–H groups in total. The van der Waals surface area contributed by atoms with Gasteiger partial charge in [0.1, 0.15) is 5.75 Å². The summed E-state index contributed by atoms with van der Waals surface area (Å²) < 4.78 is 5.13. The highest BCUT2D eigenvalue weighted by molar-refractivity contribution is 5.49. The number of nitrogens with zero attached hydrogens (tertiary/aromatic N) is 1. The van der Waals surface area contributed by atoms with E-state index in [0.29, 0.717) is 6.54 Å². The summed E-state index contributed by atoms with van der Waals surface area (Å²) in [6, 6.07) is 7.94. The highest BCUT2D eigenvalue weighted by Crippen LogP contribution is 2.19. The molecule has 0 radical (unpaired) electrons. The summed E-state index contributed by atoms with van der Waals surface area (Å²) in [4.78, 5) is 2.10. The van der Waals surface area contributed by atoms with Gasteiger partial charge in [0, 0.05) is 31.9 Å². The number of hydrogen-bond acceptors (Lipinski definition) is 3. The third-order valence-electron chi connectivity index (χ3n) is 1.96. The van der Waals surface area contributed by atoms with E-state index in [0.717, 1.165) is 18.0 Å². The van der Waals surface area contributed by atoms with Crippen molar-refractivity contribution in [3.63, 3.8) is 0 Å². The molecule has 0 aliphatic carbocycles. The molecule has 0 aromatic heterocycles. The van der Waals surface area contributed by atoms with E-state index in [2.05, 4.69) is 4.90 Å². The number of nitrogens with two attached hydrogens (primary N) is 1. The fraction of sp³-hybridized carbons (Fsp3) is 0.400. The van der Waals surface area contributed by atoms with Crippen LogP contribution in [-0.2, 0) is 0 Å². The van der Waals surface area contributed by atoms with Gasteiger partial charge in [-0.15, -0.1) is 0 Å². The molecule has 1 rings (SSSR count). The van der Waals surface area contributed by atoms with E-state index in [1.165, 1.54) is 0 Å². The van der Waals surface area contributed by atoms with E-state index in [-0.39, 0.29) is 0 Å². The molecule has 0 aliphatic heterocycles. The first-order valence-electron chi connectivity index (χ1n) is 4.33. The lowest BCUT2D eigenvalue weighted by atomic mass is 10.3. The lowest BCUT2D eigenvalue weighted by Crippen LogP contribution is -2.24. The topological polar surface area (TPSA) is 38.5 Å². The zero-order valence-corrected chi connectivity index (χ0v) is 8.16. The Kier molecular flexibility index (Phi) is 3.58. The highest BCUT2D eigenvalue weighted by atomic mass is 16.5. The molecule has 0 saturated heterocycles. The Morgan fingerprint density at radius 2 is 2.23 bits per heavy atom. The molecule has 3 heteroatoms. The Morgan fingerprint density at radius 3 is 2.85 bits per heavy atom. The van der Waals surface area contributed by atoms with E-state index in [4.69, 9.17) is 10.5 Å². The van der Waals surface area contributed by atoms with Gasteiger partial charge in [-0.3, -0.25) is 0 Å². The number of methoxy groups -OCH3 is 1. The van der Waals surface area contributed by atoms with Crippen LogP contribution in [0.1, 0.15) is 0 Å². The number of rotatable bonds is 4. The Labute approximate surface area is 79.1 Å². The molecule has 0 heterocycles. The molecular formula is C10H16N2O. The van der Waals surface area contributed by atoms with Crippen molar-refractivity contribution in [2.45, 2.75) is 0 Å². The van der Waals surface area contributed by atoms with Crippen LogP contribution in [0, 0.1) is 0 Å². The lowest BCUT2D eigenvalue weighted by Gasteiger charge is -2.18. The molecule has 3 nitrogen and oxygen atoms in total. The Morgan fingerprint density at radius 1 is 1.46 bits per heavy atom. The smallest absolute Gasteiger partial charge is 0.120 e. The van der Waals surface area contributed by atoms with Crippen LogP contribution in [0.2, 0.25) is 0 Å². The molecule has 1 aromatic carbocycles. The SMILES string of the molecule is COc1cccc(N(C)CCN)c1. The van der Waals surface area contributed by atoms with Gasteiger partial charge < -0.3 is 15.4 Å². The van der Waals surface area contributed by atoms with Crippen LogP contribution >= 0.6 is 0 Å². The van der Waals surface area contributed by atoms with Crippen LogP contribution in [-0.4, -0.2) is 27.2 Å². The first kappa shape index (κ1) is 9.86. The first-order valence-corrected chi connectivity index (χ1v) is 4.33. The summed E-state index contributed by atoms with van der Waals surface area (Å²) in [6.07, 6.45) is 0. The van der Waals surface area contributed by atoms with Crippen molar-refractivity contribution in [3.8, 4) is 5.75 Å². The van der Waals surface area contributed by atoms with Crippen LogP contribution in [0.25, 0.3) is 0 Å². The zero-order valence-electron chi connectivity index (χ0n) is 8.16. The van der Waals surface area contributed by atoms with Crippen molar-refractivity contribution in [3.05, 3.63) is 24.3 Å². The molecule has 0 saturated carbocycles. The van der Waals surface area contributed by atoms with Crippen molar-refractivity contribution in [1.29, 1.82) is 0 Å². The number of hydrogen-bond donors (Lipinski definition) is 1. The van der Waals surface area contributed by atoms with Gasteiger partial charge in [-0.25, -0.2) is 0 Å². The molecule has 0 spiro atoms. The van der Waals surface area contributed by atoms with E-state index in [9.17, 15) is 0 Å². The zero-order chi connectivity index (χ0) is 9.68. The summed E-state index contributed by atoms with van der Waals surface area (Å²) in [5, 5.41) is 0. The monoisotopic (exact) mass is 180 g/mol. The van der Waals surface area contributed by atoms with E-state index in [1.807, 2.05) is 31.3 Å². The molecule has 0 bridgehead atoms. The summed E-state index contributed by atoms with van der Waals surface area (Å²) in [5.74, 6) is 0.876. The summed E-state index contributed by atoms with van der Waals surface area (Å²) >= 11 is 0. The molecule has 0 amide bonds. The minimum Gasteiger partial charge on any atom is -0.497 e. The first-order chi connectivity index (χ1) is 6.27. The average molecular weight is 180 g/mol. The molecule has 72 valence electrons. The van der Waals surface area contributed by atoms with Gasteiger partial charge in [-0.2, -0.15) is 0 Å². The molecule has 0 fully saturated rings. The summed E-state index contributed by atoms with van der Waals surface area (Å²) in [5.41, 5.74) is 6.59.